The highest BCUT2D eigenvalue weighted by Gasteiger charge is 2.17. The van der Waals surface area contributed by atoms with Crippen molar-refractivity contribution in [3.8, 4) is 5.69 Å². The van der Waals surface area contributed by atoms with E-state index in [2.05, 4.69) is 21.7 Å². The highest BCUT2D eigenvalue weighted by molar-refractivity contribution is 6.35. The van der Waals surface area contributed by atoms with Gasteiger partial charge in [-0.25, -0.2) is 9.67 Å². The first-order valence-electron chi connectivity index (χ1n) is 10.3. The molecule has 174 valence electrons. The second kappa shape index (κ2) is 10.6. The summed E-state index contributed by atoms with van der Waals surface area (Å²) in [4.78, 5) is 31.8. The fourth-order valence-electron chi connectivity index (χ4n) is 3.45. The summed E-state index contributed by atoms with van der Waals surface area (Å²) in [6.07, 6.45) is 7.04. The zero-order chi connectivity index (χ0) is 24.8. The molecule has 0 bridgehead atoms. The average molecular weight is 478 g/mol. The van der Waals surface area contributed by atoms with Crippen LogP contribution in [0.1, 0.15) is 23.0 Å². The first-order valence-corrected chi connectivity index (χ1v) is 10.7. The monoisotopic (exact) mass is 477 g/mol. The van der Waals surface area contributed by atoms with Crippen molar-refractivity contribution >= 4 is 46.1 Å². The molecule has 0 fully saturated rings. The molecule has 4 N–H and O–H groups in total. The molecule has 1 aromatic carbocycles. The van der Waals surface area contributed by atoms with Gasteiger partial charge in [0.25, 0.3) is 11.5 Å². The molecule has 0 unspecified atom stereocenters. The van der Waals surface area contributed by atoms with Gasteiger partial charge in [0.1, 0.15) is 5.56 Å². The third kappa shape index (κ3) is 4.89. The number of nitrogen functional groups attached to an aromatic ring is 1. The number of aromatic nitrogens is 4. The number of fused-ring (bicyclic) bond motifs is 1. The Balaban J connectivity index is 0.000000204. The van der Waals surface area contributed by atoms with Crippen molar-refractivity contribution in [2.45, 2.75) is 13.3 Å². The number of anilines is 1. The van der Waals surface area contributed by atoms with Crippen molar-refractivity contribution in [2.24, 2.45) is 17.8 Å². The van der Waals surface area contributed by atoms with E-state index in [-0.39, 0.29) is 16.9 Å². The van der Waals surface area contributed by atoms with E-state index in [0.29, 0.717) is 16.2 Å². The predicted molar refractivity (Wildman–Crippen MR) is 136 cm³/mol. The van der Waals surface area contributed by atoms with Crippen LogP contribution >= 0.6 is 11.6 Å². The standard InChI is InChI=1S/C16H13ClN2O.C8H11N5O/c1-2-12-9-11-5-3-7-14(17)15(11)16(20)19(12)13-6-4-8-18-10-13;1-3-4-11-8-5(7(10)14)6(9)12-13(8)2/h3-10H,2H2,1H3;3-4H,1H2,2H3,(H2,9,12)(H2,10,14)/b;11-4-. The quantitative estimate of drug-likeness (QED) is 0.423. The third-order valence-corrected chi connectivity index (χ3v) is 5.25. The number of primary amides is 1. The van der Waals surface area contributed by atoms with Crippen molar-refractivity contribution in [3.05, 3.63) is 88.1 Å². The molecular formula is C24H24ClN7O2. The smallest absolute Gasteiger partial charge is 0.264 e. The average Bonchev–Trinajstić information content (AvgIpc) is 3.11. The first kappa shape index (κ1) is 24.4. The fourth-order valence-corrected chi connectivity index (χ4v) is 3.71. The first-order chi connectivity index (χ1) is 16.3. The molecule has 0 saturated carbocycles. The second-order valence-corrected chi connectivity index (χ2v) is 7.54. The van der Waals surface area contributed by atoms with Gasteiger partial charge in [-0.1, -0.05) is 43.3 Å². The number of benzene rings is 1. The lowest BCUT2D eigenvalue weighted by atomic mass is 10.1. The predicted octanol–water partition coefficient (Wildman–Crippen LogP) is 3.59. The molecular weight excluding hydrogens is 454 g/mol. The van der Waals surface area contributed by atoms with Crippen molar-refractivity contribution in [3.63, 3.8) is 0 Å². The highest BCUT2D eigenvalue weighted by atomic mass is 35.5. The summed E-state index contributed by atoms with van der Waals surface area (Å²) >= 11 is 6.19. The van der Waals surface area contributed by atoms with E-state index in [9.17, 15) is 9.59 Å². The Morgan fingerprint density at radius 3 is 2.68 bits per heavy atom. The van der Waals surface area contributed by atoms with Gasteiger partial charge in [0.05, 0.1) is 22.3 Å². The van der Waals surface area contributed by atoms with Crippen LogP contribution < -0.4 is 17.0 Å². The molecule has 34 heavy (non-hydrogen) atoms. The number of amides is 1. The molecule has 4 aromatic rings. The number of nitrogens with two attached hydrogens (primary N) is 2. The summed E-state index contributed by atoms with van der Waals surface area (Å²) in [7, 11) is 1.62. The van der Waals surface area contributed by atoms with Crippen molar-refractivity contribution in [1.29, 1.82) is 0 Å². The van der Waals surface area contributed by atoms with E-state index in [1.54, 1.807) is 30.1 Å². The van der Waals surface area contributed by atoms with E-state index in [1.807, 2.05) is 37.3 Å². The molecule has 10 heteroatoms. The van der Waals surface area contributed by atoms with Crippen LogP contribution in [-0.2, 0) is 13.5 Å². The summed E-state index contributed by atoms with van der Waals surface area (Å²) in [5.74, 6) is -0.238. The van der Waals surface area contributed by atoms with Crippen LogP contribution in [0.2, 0.25) is 5.02 Å². The molecule has 0 saturated heterocycles. The number of pyridine rings is 2. The van der Waals surface area contributed by atoms with E-state index in [1.165, 1.54) is 17.0 Å². The van der Waals surface area contributed by atoms with Crippen LogP contribution in [0.15, 0.2) is 71.2 Å². The van der Waals surface area contributed by atoms with Crippen LogP contribution in [0.25, 0.3) is 16.5 Å². The van der Waals surface area contributed by atoms with Gasteiger partial charge in [-0.05, 0) is 36.1 Å². The number of aliphatic imine (C=N–C) groups is 1. The number of halogens is 1. The molecule has 1 amide bonds. The van der Waals surface area contributed by atoms with Crippen molar-refractivity contribution < 1.29 is 4.79 Å². The number of aryl methyl sites for hydroxylation is 2. The molecule has 3 aromatic heterocycles. The number of nitrogens with zero attached hydrogens (tertiary/aromatic N) is 5. The van der Waals surface area contributed by atoms with Gasteiger partial charge in [-0.2, -0.15) is 5.10 Å². The Hall–Kier alpha value is -4.24. The van der Waals surface area contributed by atoms with Gasteiger partial charge in [-0.3, -0.25) is 19.1 Å². The molecule has 3 heterocycles. The fraction of sp³-hybridized carbons (Fsp3) is 0.125. The molecule has 0 aliphatic rings. The van der Waals surface area contributed by atoms with Crippen LogP contribution in [0.4, 0.5) is 11.6 Å². The summed E-state index contributed by atoms with van der Waals surface area (Å²) in [5, 5.41) is 5.74. The Morgan fingerprint density at radius 2 is 2.06 bits per heavy atom. The maximum absolute atomic E-state index is 12.8. The number of hydrogen-bond acceptors (Lipinski definition) is 6. The molecule has 9 nitrogen and oxygen atoms in total. The van der Waals surface area contributed by atoms with Gasteiger partial charge >= 0.3 is 0 Å². The van der Waals surface area contributed by atoms with Gasteiger partial charge in [0.15, 0.2) is 11.6 Å². The molecule has 0 aliphatic carbocycles. The number of rotatable bonds is 5. The van der Waals surface area contributed by atoms with Crippen LogP contribution in [0.5, 0.6) is 0 Å². The summed E-state index contributed by atoms with van der Waals surface area (Å²) < 4.78 is 3.07. The minimum atomic E-state index is -0.646. The van der Waals surface area contributed by atoms with Gasteiger partial charge in [0.2, 0.25) is 0 Å². The molecule has 0 aliphatic heterocycles. The number of allylic oxidation sites excluding steroid dienone is 1. The lowest BCUT2D eigenvalue weighted by molar-refractivity contribution is 0.100. The zero-order valence-corrected chi connectivity index (χ0v) is 19.5. The highest BCUT2D eigenvalue weighted by Crippen LogP contribution is 2.23. The van der Waals surface area contributed by atoms with E-state index in [4.69, 9.17) is 23.1 Å². The van der Waals surface area contributed by atoms with E-state index < -0.39 is 5.91 Å². The Kier molecular flexibility index (Phi) is 7.60. The molecule has 0 radical (unpaired) electrons. The molecule has 0 spiro atoms. The molecule has 4 rings (SSSR count). The Morgan fingerprint density at radius 1 is 1.29 bits per heavy atom. The zero-order valence-electron chi connectivity index (χ0n) is 18.8. The Bertz CT molecular complexity index is 1440. The van der Waals surface area contributed by atoms with Gasteiger partial charge in [0, 0.05) is 25.2 Å². The van der Waals surface area contributed by atoms with Crippen molar-refractivity contribution in [1.82, 2.24) is 19.3 Å². The molecule has 0 atom stereocenters. The van der Waals surface area contributed by atoms with Crippen molar-refractivity contribution in [2.75, 3.05) is 5.73 Å². The van der Waals surface area contributed by atoms with Crippen LogP contribution in [0.3, 0.4) is 0 Å². The number of carbonyl (C=O) groups excluding carboxylic acids is 1. The minimum Gasteiger partial charge on any atom is -0.381 e. The lowest BCUT2D eigenvalue weighted by Crippen LogP contribution is -2.22. The summed E-state index contributed by atoms with van der Waals surface area (Å²) in [5.41, 5.74) is 12.3. The van der Waals surface area contributed by atoms with E-state index >= 15 is 0 Å². The maximum Gasteiger partial charge on any atom is 0.264 e. The topological polar surface area (TPSA) is 134 Å². The third-order valence-electron chi connectivity index (χ3n) is 4.93. The Labute approximate surface area is 201 Å². The largest absolute Gasteiger partial charge is 0.381 e. The summed E-state index contributed by atoms with van der Waals surface area (Å²) in [6.45, 7) is 5.49. The van der Waals surface area contributed by atoms with E-state index in [0.717, 1.165) is 23.2 Å². The number of carbonyl (C=O) groups is 1. The van der Waals surface area contributed by atoms with Crippen LogP contribution in [-0.4, -0.2) is 31.5 Å². The number of hydrogen-bond donors (Lipinski definition) is 2. The van der Waals surface area contributed by atoms with Crippen LogP contribution in [0, 0.1) is 0 Å². The maximum atomic E-state index is 12.8. The minimum absolute atomic E-state index is 0.0798. The normalized spacial score (nSPS) is 10.8. The second-order valence-electron chi connectivity index (χ2n) is 7.13. The SMILES string of the molecule is C=C/C=N\c1c(C(N)=O)c(N)nn1C.CCc1cc2cccc(Cl)c2c(=O)n1-c1cccnc1. The van der Waals surface area contributed by atoms with Gasteiger partial charge < -0.3 is 11.5 Å². The lowest BCUT2D eigenvalue weighted by Gasteiger charge is -2.13. The van der Waals surface area contributed by atoms with Gasteiger partial charge in [-0.15, -0.1) is 0 Å². The summed E-state index contributed by atoms with van der Waals surface area (Å²) in [6, 6.07) is 11.2.